The summed E-state index contributed by atoms with van der Waals surface area (Å²) in [5.74, 6) is 0.239. The van der Waals surface area contributed by atoms with Crippen LogP contribution >= 0.6 is 11.6 Å². The van der Waals surface area contributed by atoms with Crippen molar-refractivity contribution < 1.29 is 8.42 Å². The van der Waals surface area contributed by atoms with Crippen LogP contribution < -0.4 is 0 Å². The maximum Gasteiger partial charge on any atom is 0.215 e. The zero-order valence-corrected chi connectivity index (χ0v) is 12.3. The topological polar surface area (TPSA) is 40.6 Å². The van der Waals surface area contributed by atoms with Crippen LogP contribution in [0, 0.1) is 0 Å². The van der Waals surface area contributed by atoms with E-state index < -0.39 is 10.0 Å². The third-order valence-corrected chi connectivity index (χ3v) is 5.77. The predicted octanol–water partition coefficient (Wildman–Crippen LogP) is 1.36. The van der Waals surface area contributed by atoms with E-state index in [2.05, 4.69) is 18.7 Å². The highest BCUT2D eigenvalue weighted by atomic mass is 35.5. The van der Waals surface area contributed by atoms with E-state index in [1.807, 2.05) is 0 Å². The molecule has 1 aliphatic rings. The van der Waals surface area contributed by atoms with Crippen molar-refractivity contribution in [2.45, 2.75) is 32.7 Å². The quantitative estimate of drug-likeness (QED) is 0.691. The van der Waals surface area contributed by atoms with Gasteiger partial charge in [-0.15, -0.1) is 11.6 Å². The molecule has 4 nitrogen and oxygen atoms in total. The van der Waals surface area contributed by atoms with Crippen molar-refractivity contribution in [3.05, 3.63) is 0 Å². The molecule has 0 amide bonds. The van der Waals surface area contributed by atoms with Gasteiger partial charge >= 0.3 is 0 Å². The summed E-state index contributed by atoms with van der Waals surface area (Å²) in [6.45, 7) is 7.66. The lowest BCUT2D eigenvalue weighted by molar-refractivity contribution is 0.152. The summed E-state index contributed by atoms with van der Waals surface area (Å²) >= 11 is 5.52. The molecule has 0 saturated carbocycles. The van der Waals surface area contributed by atoms with Gasteiger partial charge in [-0.25, -0.2) is 12.7 Å². The van der Waals surface area contributed by atoms with Gasteiger partial charge in [0.05, 0.1) is 5.75 Å². The molecular formula is C11H23ClN2O2S. The largest absolute Gasteiger partial charge is 0.301 e. The number of rotatable bonds is 6. The van der Waals surface area contributed by atoms with Gasteiger partial charge in [0, 0.05) is 25.0 Å². The van der Waals surface area contributed by atoms with Gasteiger partial charge in [-0.2, -0.15) is 0 Å². The van der Waals surface area contributed by atoms with Gasteiger partial charge in [-0.1, -0.05) is 13.8 Å². The molecule has 0 aromatic heterocycles. The van der Waals surface area contributed by atoms with Crippen LogP contribution in [0.4, 0.5) is 0 Å². The van der Waals surface area contributed by atoms with E-state index in [0.29, 0.717) is 19.1 Å². The molecule has 0 aromatic rings. The van der Waals surface area contributed by atoms with E-state index in [-0.39, 0.29) is 11.6 Å². The van der Waals surface area contributed by atoms with Gasteiger partial charge in [0.15, 0.2) is 0 Å². The van der Waals surface area contributed by atoms with Crippen molar-refractivity contribution >= 4 is 21.6 Å². The Balaban J connectivity index is 2.51. The van der Waals surface area contributed by atoms with Gasteiger partial charge in [0.25, 0.3) is 0 Å². The summed E-state index contributed by atoms with van der Waals surface area (Å²) in [6.07, 6.45) is 1.87. The molecule has 1 rings (SSSR count). The SMILES string of the molecule is CCN(CC)C1CCN(S(=O)(=O)CCCl)CC1. The molecule has 1 heterocycles. The average molecular weight is 283 g/mol. The first-order valence-electron chi connectivity index (χ1n) is 6.33. The van der Waals surface area contributed by atoms with E-state index in [1.54, 1.807) is 4.31 Å². The van der Waals surface area contributed by atoms with Crippen LogP contribution in [0.5, 0.6) is 0 Å². The average Bonchev–Trinajstić information content (AvgIpc) is 2.31. The molecule has 0 aromatic carbocycles. The summed E-state index contributed by atoms with van der Waals surface area (Å²) in [5, 5.41) is 0. The fourth-order valence-electron chi connectivity index (χ4n) is 2.45. The summed E-state index contributed by atoms with van der Waals surface area (Å²) < 4.78 is 25.3. The molecule has 1 saturated heterocycles. The molecule has 0 atom stereocenters. The van der Waals surface area contributed by atoms with E-state index in [0.717, 1.165) is 25.9 Å². The first-order chi connectivity index (χ1) is 8.05. The Kier molecular flexibility index (Phi) is 6.20. The van der Waals surface area contributed by atoms with Gasteiger partial charge in [0.2, 0.25) is 10.0 Å². The third kappa shape index (κ3) is 4.09. The Morgan fingerprint density at radius 2 is 1.76 bits per heavy atom. The van der Waals surface area contributed by atoms with Crippen LogP contribution in [0.2, 0.25) is 0 Å². The van der Waals surface area contributed by atoms with Crippen LogP contribution in [-0.2, 0) is 10.0 Å². The van der Waals surface area contributed by atoms with Crippen molar-refractivity contribution in [1.82, 2.24) is 9.21 Å². The fourth-order valence-corrected chi connectivity index (χ4v) is 4.26. The molecule has 0 bridgehead atoms. The van der Waals surface area contributed by atoms with E-state index in [4.69, 9.17) is 11.6 Å². The van der Waals surface area contributed by atoms with Gasteiger partial charge < -0.3 is 4.90 Å². The molecular weight excluding hydrogens is 260 g/mol. The van der Waals surface area contributed by atoms with E-state index in [1.165, 1.54) is 0 Å². The van der Waals surface area contributed by atoms with Crippen molar-refractivity contribution in [2.75, 3.05) is 37.8 Å². The summed E-state index contributed by atoms with van der Waals surface area (Å²) in [6, 6.07) is 0.535. The highest BCUT2D eigenvalue weighted by Gasteiger charge is 2.29. The molecule has 6 heteroatoms. The number of nitrogens with zero attached hydrogens (tertiary/aromatic N) is 2. The lowest BCUT2D eigenvalue weighted by atomic mass is 10.1. The standard InChI is InChI=1S/C11H23ClN2O2S/c1-3-13(4-2)11-5-8-14(9-6-11)17(15,16)10-7-12/h11H,3-10H2,1-2H3. The molecule has 17 heavy (non-hydrogen) atoms. The number of sulfonamides is 1. The van der Waals surface area contributed by atoms with Crippen molar-refractivity contribution in [2.24, 2.45) is 0 Å². The Labute approximate surface area is 110 Å². The molecule has 0 aliphatic carbocycles. The second kappa shape index (κ2) is 6.92. The van der Waals surface area contributed by atoms with E-state index >= 15 is 0 Å². The second-order valence-electron chi connectivity index (χ2n) is 4.36. The van der Waals surface area contributed by atoms with Crippen molar-refractivity contribution in [1.29, 1.82) is 0 Å². The molecule has 0 radical (unpaired) electrons. The number of hydrogen-bond acceptors (Lipinski definition) is 3. The maximum atomic E-state index is 11.8. The Bertz CT molecular complexity index is 309. The fraction of sp³-hybridized carbons (Fsp3) is 1.00. The smallest absolute Gasteiger partial charge is 0.215 e. The summed E-state index contributed by atoms with van der Waals surface area (Å²) in [4.78, 5) is 2.41. The number of piperidine rings is 1. The normalized spacial score (nSPS) is 20.0. The third-order valence-electron chi connectivity index (χ3n) is 3.48. The minimum Gasteiger partial charge on any atom is -0.301 e. The molecule has 102 valence electrons. The molecule has 0 unspecified atom stereocenters. The van der Waals surface area contributed by atoms with Crippen LogP contribution in [0.25, 0.3) is 0 Å². The minimum absolute atomic E-state index is 0.0600. The Morgan fingerprint density at radius 1 is 1.24 bits per heavy atom. The number of halogens is 1. The van der Waals surface area contributed by atoms with Crippen molar-refractivity contribution in [3.63, 3.8) is 0 Å². The van der Waals surface area contributed by atoms with Gasteiger partial charge in [-0.3, -0.25) is 0 Å². The highest BCUT2D eigenvalue weighted by Crippen LogP contribution is 2.19. The first-order valence-corrected chi connectivity index (χ1v) is 8.47. The van der Waals surface area contributed by atoms with Crippen LogP contribution in [0.1, 0.15) is 26.7 Å². The molecule has 0 spiro atoms. The van der Waals surface area contributed by atoms with Gasteiger partial charge in [0.1, 0.15) is 0 Å². The molecule has 1 aliphatic heterocycles. The summed E-state index contributed by atoms with van der Waals surface area (Å²) in [7, 11) is -3.11. The van der Waals surface area contributed by atoms with Crippen LogP contribution in [0.3, 0.4) is 0 Å². The van der Waals surface area contributed by atoms with E-state index in [9.17, 15) is 8.42 Å². The lowest BCUT2D eigenvalue weighted by Crippen LogP contribution is -2.47. The van der Waals surface area contributed by atoms with Crippen LogP contribution in [-0.4, -0.2) is 61.5 Å². The zero-order valence-electron chi connectivity index (χ0n) is 10.7. The number of alkyl halides is 1. The first kappa shape index (κ1) is 15.2. The Morgan fingerprint density at radius 3 is 2.18 bits per heavy atom. The lowest BCUT2D eigenvalue weighted by Gasteiger charge is -2.37. The highest BCUT2D eigenvalue weighted by molar-refractivity contribution is 7.89. The summed E-state index contributed by atoms with van der Waals surface area (Å²) in [5.41, 5.74) is 0. The second-order valence-corrected chi connectivity index (χ2v) is 6.82. The van der Waals surface area contributed by atoms with Crippen molar-refractivity contribution in [3.8, 4) is 0 Å². The predicted molar refractivity (Wildman–Crippen MR) is 72.0 cm³/mol. The molecule has 0 N–H and O–H groups in total. The van der Waals surface area contributed by atoms with Crippen LogP contribution in [0.15, 0.2) is 0 Å². The molecule has 1 fully saturated rings. The minimum atomic E-state index is -3.11. The maximum absolute atomic E-state index is 11.8. The van der Waals surface area contributed by atoms with Gasteiger partial charge in [-0.05, 0) is 25.9 Å². The zero-order chi connectivity index (χ0) is 12.9. The number of hydrogen-bond donors (Lipinski definition) is 0. The Hall–Kier alpha value is 0.160. The monoisotopic (exact) mass is 282 g/mol.